The van der Waals surface area contributed by atoms with Crippen LogP contribution in [0.15, 0.2) is 0 Å². The standard InChI is InChI=1S/C4H11O2P.2Al.H3O2P/c1-3-7(5,6)4-2;;;1-3-2/h3-4H2,1-2H3,(H,5,6);;;3H2,(H,1,2)/q;2*+3;. The first kappa shape index (κ1) is 23.3. The van der Waals surface area contributed by atoms with Gasteiger partial charge in [-0.05, 0) is 0 Å². The van der Waals surface area contributed by atoms with E-state index in [0.29, 0.717) is 12.3 Å². The summed E-state index contributed by atoms with van der Waals surface area (Å²) in [5, 5.41) is 0. The second-order valence-electron chi connectivity index (χ2n) is 1.58. The molecule has 64 valence electrons. The third-order valence-electron chi connectivity index (χ3n) is 0.988. The van der Waals surface area contributed by atoms with Crippen LogP contribution in [0.2, 0.25) is 0 Å². The van der Waals surface area contributed by atoms with Crippen molar-refractivity contribution in [1.29, 1.82) is 0 Å². The van der Waals surface area contributed by atoms with Crippen LogP contribution < -0.4 is 0 Å². The molecule has 2 N–H and O–H groups in total. The van der Waals surface area contributed by atoms with Crippen molar-refractivity contribution in [2.24, 2.45) is 0 Å². The van der Waals surface area contributed by atoms with Gasteiger partial charge in [-0.1, -0.05) is 13.8 Å². The summed E-state index contributed by atoms with van der Waals surface area (Å²) < 4.78 is 19.1. The summed E-state index contributed by atoms with van der Waals surface area (Å²) in [6, 6.07) is 0. The Bertz CT molecular complexity index is 124. The average Bonchev–Trinajstić information content (AvgIpc) is 1.90. The van der Waals surface area contributed by atoms with E-state index < -0.39 is 16.1 Å². The molecular weight excluding hydrogens is 228 g/mol. The van der Waals surface area contributed by atoms with Gasteiger partial charge in [0.2, 0.25) is 0 Å². The average molecular weight is 242 g/mol. The molecule has 0 amide bonds. The SMILES string of the molecule is CCP(=O)(O)CC.O=[PH2]O.[Al+3].[Al+3]. The van der Waals surface area contributed by atoms with Gasteiger partial charge in [-0.25, -0.2) is 0 Å². The van der Waals surface area contributed by atoms with Crippen molar-refractivity contribution >= 4 is 50.8 Å². The zero-order valence-electron chi connectivity index (χ0n) is 7.30. The largest absolute Gasteiger partial charge is 3.00 e. The van der Waals surface area contributed by atoms with Gasteiger partial charge in [0.25, 0.3) is 0 Å². The topological polar surface area (TPSA) is 74.6 Å². The summed E-state index contributed by atoms with van der Waals surface area (Å²) in [6.07, 6.45) is 0.812. The molecule has 0 saturated heterocycles. The van der Waals surface area contributed by atoms with E-state index in [9.17, 15) is 4.57 Å². The predicted molar refractivity (Wildman–Crippen MR) is 55.0 cm³/mol. The van der Waals surface area contributed by atoms with E-state index in [-0.39, 0.29) is 34.7 Å². The van der Waals surface area contributed by atoms with Crippen LogP contribution >= 0.6 is 16.1 Å². The van der Waals surface area contributed by atoms with Crippen LogP contribution in [-0.2, 0) is 9.13 Å². The van der Waals surface area contributed by atoms with E-state index in [1.54, 1.807) is 13.8 Å². The van der Waals surface area contributed by atoms with Gasteiger partial charge in [-0.15, -0.1) is 0 Å². The molecule has 8 heteroatoms. The summed E-state index contributed by atoms with van der Waals surface area (Å²) in [4.78, 5) is 15.8. The quantitative estimate of drug-likeness (QED) is 0.535. The van der Waals surface area contributed by atoms with Gasteiger partial charge in [0.15, 0.2) is 16.1 Å². The molecule has 0 heterocycles. The van der Waals surface area contributed by atoms with Gasteiger partial charge >= 0.3 is 34.7 Å². The fourth-order valence-corrected chi connectivity index (χ4v) is 0.671. The van der Waals surface area contributed by atoms with E-state index in [1.807, 2.05) is 0 Å². The molecule has 0 aromatic rings. The smallest absolute Gasteiger partial charge is 0.348 e. The maximum atomic E-state index is 10.5. The Hall–Kier alpha value is 1.44. The molecule has 4 nitrogen and oxygen atoms in total. The van der Waals surface area contributed by atoms with Gasteiger partial charge in [0, 0.05) is 12.3 Å². The molecule has 0 aromatic carbocycles. The Balaban J connectivity index is -0.0000000569. The minimum absolute atomic E-state index is 0. The molecule has 0 bridgehead atoms. The third kappa shape index (κ3) is 22.5. The Labute approximate surface area is 95.8 Å². The molecule has 0 radical (unpaired) electrons. The van der Waals surface area contributed by atoms with Crippen molar-refractivity contribution in [3.05, 3.63) is 0 Å². The third-order valence-corrected chi connectivity index (χ3v) is 2.96. The van der Waals surface area contributed by atoms with Crippen molar-refractivity contribution < 1.29 is 18.9 Å². The molecule has 0 saturated carbocycles. The molecule has 0 spiro atoms. The van der Waals surface area contributed by atoms with E-state index >= 15 is 0 Å². The van der Waals surface area contributed by atoms with Crippen LogP contribution in [0.4, 0.5) is 0 Å². The molecule has 1 unspecified atom stereocenters. The number of hydrogen-bond donors (Lipinski definition) is 2. The molecule has 0 aliphatic heterocycles. The molecular formula is C4H14Al2O4P2+6. The zero-order chi connectivity index (χ0) is 8.62. The van der Waals surface area contributed by atoms with Crippen molar-refractivity contribution in [2.75, 3.05) is 12.3 Å². The summed E-state index contributed by atoms with van der Waals surface area (Å²) >= 11 is 0. The van der Waals surface area contributed by atoms with Crippen LogP contribution in [-0.4, -0.2) is 56.8 Å². The second kappa shape index (κ2) is 14.9. The first-order chi connectivity index (χ1) is 4.54. The van der Waals surface area contributed by atoms with Crippen LogP contribution in [0.25, 0.3) is 0 Å². The van der Waals surface area contributed by atoms with Gasteiger partial charge in [-0.2, -0.15) is 0 Å². The zero-order valence-corrected chi connectivity index (χ0v) is 11.7. The first-order valence-corrected chi connectivity index (χ1v) is 5.94. The van der Waals surface area contributed by atoms with Crippen LogP contribution in [0.3, 0.4) is 0 Å². The maximum absolute atomic E-state index is 10.5. The van der Waals surface area contributed by atoms with Gasteiger partial charge in [-0.3, -0.25) is 9.13 Å². The normalized spacial score (nSPS) is 9.33. The van der Waals surface area contributed by atoms with Crippen molar-refractivity contribution in [3.63, 3.8) is 0 Å². The van der Waals surface area contributed by atoms with Crippen molar-refractivity contribution in [1.82, 2.24) is 0 Å². The van der Waals surface area contributed by atoms with Gasteiger partial charge < -0.3 is 9.79 Å². The molecule has 12 heavy (non-hydrogen) atoms. The fraction of sp³-hybridized carbons (Fsp3) is 1.00. The molecule has 0 aliphatic rings. The minimum Gasteiger partial charge on any atom is -0.348 e. The molecule has 0 fully saturated rings. The van der Waals surface area contributed by atoms with Crippen LogP contribution in [0.5, 0.6) is 0 Å². The summed E-state index contributed by atoms with van der Waals surface area (Å²) in [6.45, 7) is 3.45. The Morgan fingerprint density at radius 1 is 1.25 bits per heavy atom. The fourth-order valence-electron chi connectivity index (χ4n) is 0.224. The minimum atomic E-state index is -2.65. The molecule has 0 rings (SSSR count). The van der Waals surface area contributed by atoms with E-state index in [2.05, 4.69) is 0 Å². The van der Waals surface area contributed by atoms with E-state index in [4.69, 9.17) is 14.4 Å². The number of hydrogen-bond acceptors (Lipinski definition) is 2. The van der Waals surface area contributed by atoms with E-state index in [0.717, 1.165) is 0 Å². The molecule has 0 aromatic heterocycles. The van der Waals surface area contributed by atoms with Crippen molar-refractivity contribution in [3.8, 4) is 0 Å². The summed E-state index contributed by atoms with van der Waals surface area (Å²) in [5.74, 6) is 0. The van der Waals surface area contributed by atoms with Gasteiger partial charge in [0.1, 0.15) is 0 Å². The summed E-state index contributed by atoms with van der Waals surface area (Å²) in [5.41, 5.74) is 0. The van der Waals surface area contributed by atoms with Crippen LogP contribution in [0, 0.1) is 0 Å². The Kier molecular flexibility index (Phi) is 29.1. The summed E-state index contributed by atoms with van der Waals surface area (Å²) in [7, 11) is -4.15. The molecule has 1 atom stereocenters. The first-order valence-electron chi connectivity index (χ1n) is 2.92. The van der Waals surface area contributed by atoms with Crippen molar-refractivity contribution in [2.45, 2.75) is 13.8 Å². The monoisotopic (exact) mass is 242 g/mol. The Morgan fingerprint density at radius 2 is 1.42 bits per heavy atom. The predicted octanol–water partition coefficient (Wildman–Crippen LogP) is 0.185. The van der Waals surface area contributed by atoms with Crippen LogP contribution in [0.1, 0.15) is 13.8 Å². The second-order valence-corrected chi connectivity index (χ2v) is 4.75. The molecule has 0 aliphatic carbocycles. The Morgan fingerprint density at radius 3 is 1.42 bits per heavy atom. The van der Waals surface area contributed by atoms with E-state index in [1.165, 1.54) is 0 Å². The number of rotatable bonds is 2. The maximum Gasteiger partial charge on any atom is 3.00 e. The van der Waals surface area contributed by atoms with Gasteiger partial charge in [0.05, 0.1) is 0 Å².